The zero-order chi connectivity index (χ0) is 13.5. The van der Waals surface area contributed by atoms with Crippen LogP contribution in [0.15, 0.2) is 41.8 Å². The van der Waals surface area contributed by atoms with Crippen molar-refractivity contribution in [1.29, 1.82) is 0 Å². The van der Waals surface area contributed by atoms with Gasteiger partial charge in [-0.3, -0.25) is 9.97 Å². The third-order valence-electron chi connectivity index (χ3n) is 2.76. The minimum atomic E-state index is -0.334. The van der Waals surface area contributed by atoms with Gasteiger partial charge in [0.2, 0.25) is 0 Å². The first-order chi connectivity index (χ1) is 9.06. The number of rotatable bonds is 1. The van der Waals surface area contributed by atoms with Crippen LogP contribution in [0.3, 0.4) is 0 Å². The Labute approximate surface area is 112 Å². The van der Waals surface area contributed by atoms with Gasteiger partial charge in [0.1, 0.15) is 17.0 Å². The molecule has 0 amide bonds. The number of hydrogen-bond acceptors (Lipinski definition) is 4. The van der Waals surface area contributed by atoms with Crippen molar-refractivity contribution in [2.45, 2.75) is 26.4 Å². The predicted octanol–water partition coefficient (Wildman–Crippen LogP) is 3.02. The highest BCUT2D eigenvalue weighted by molar-refractivity contribution is 6.21. The number of pyridine rings is 2. The van der Waals surface area contributed by atoms with Gasteiger partial charge < -0.3 is 4.84 Å². The van der Waals surface area contributed by atoms with E-state index >= 15 is 0 Å². The summed E-state index contributed by atoms with van der Waals surface area (Å²) in [4.78, 5) is 14.3. The molecule has 0 bridgehead atoms. The molecule has 19 heavy (non-hydrogen) atoms. The molecule has 0 saturated heterocycles. The highest BCUT2D eigenvalue weighted by Gasteiger charge is 2.28. The van der Waals surface area contributed by atoms with Gasteiger partial charge in [-0.2, -0.15) is 0 Å². The normalized spacial score (nSPS) is 12.9. The Kier molecular flexibility index (Phi) is 2.59. The average molecular weight is 253 g/mol. The van der Waals surface area contributed by atoms with E-state index in [1.807, 2.05) is 45.0 Å². The van der Waals surface area contributed by atoms with Crippen LogP contribution in [0.25, 0.3) is 11.1 Å². The molecule has 3 rings (SSSR count). The molecule has 0 radical (unpaired) electrons. The maximum absolute atomic E-state index is 5.53. The molecule has 0 atom stereocenters. The largest absolute Gasteiger partial charge is 0.389 e. The number of aromatic nitrogens is 2. The molecule has 0 aromatic carbocycles. The van der Waals surface area contributed by atoms with Crippen molar-refractivity contribution < 1.29 is 4.84 Å². The summed E-state index contributed by atoms with van der Waals surface area (Å²) in [5.74, 6) is 0. The van der Waals surface area contributed by atoms with Crippen LogP contribution in [0.4, 0.5) is 0 Å². The molecule has 96 valence electrons. The Morgan fingerprint density at radius 3 is 1.95 bits per heavy atom. The highest BCUT2D eigenvalue weighted by atomic mass is 16.6. The smallest absolute Gasteiger partial charge is 0.155 e. The van der Waals surface area contributed by atoms with E-state index < -0.39 is 0 Å². The summed E-state index contributed by atoms with van der Waals surface area (Å²) >= 11 is 0. The van der Waals surface area contributed by atoms with Gasteiger partial charge in [0.05, 0.1) is 0 Å². The summed E-state index contributed by atoms with van der Waals surface area (Å²) in [7, 11) is 0. The Hall–Kier alpha value is -2.23. The van der Waals surface area contributed by atoms with Gasteiger partial charge in [-0.15, -0.1) is 0 Å². The van der Waals surface area contributed by atoms with Crippen molar-refractivity contribution >= 4 is 5.71 Å². The molecule has 0 spiro atoms. The Morgan fingerprint density at radius 1 is 0.947 bits per heavy atom. The van der Waals surface area contributed by atoms with Gasteiger partial charge in [-0.1, -0.05) is 17.3 Å². The summed E-state index contributed by atoms with van der Waals surface area (Å²) in [5.41, 5.74) is 4.16. The molecule has 1 aliphatic carbocycles. The van der Waals surface area contributed by atoms with Gasteiger partial charge in [0.25, 0.3) is 0 Å². The quantitative estimate of drug-likeness (QED) is 0.626. The second kappa shape index (κ2) is 4.16. The second-order valence-corrected chi connectivity index (χ2v) is 5.44. The van der Waals surface area contributed by atoms with Crippen LogP contribution >= 0.6 is 0 Å². The van der Waals surface area contributed by atoms with Crippen molar-refractivity contribution in [3.05, 3.63) is 48.0 Å². The van der Waals surface area contributed by atoms with Crippen LogP contribution in [0.2, 0.25) is 0 Å². The molecule has 2 aromatic rings. The molecule has 2 aromatic heterocycles. The van der Waals surface area contributed by atoms with Crippen LogP contribution in [0, 0.1) is 0 Å². The zero-order valence-corrected chi connectivity index (χ0v) is 11.2. The first-order valence-corrected chi connectivity index (χ1v) is 6.23. The number of oxime groups is 1. The number of hydrogen-bond donors (Lipinski definition) is 0. The van der Waals surface area contributed by atoms with Crippen molar-refractivity contribution in [3.63, 3.8) is 0 Å². The standard InChI is InChI=1S/C15H15N3O/c1-15(2,3)19-18-14-12-10(6-4-8-16-12)11-7-5-9-17-13(11)14/h4-9H,1-3H3. The molecule has 0 fully saturated rings. The van der Waals surface area contributed by atoms with E-state index in [4.69, 9.17) is 4.84 Å². The van der Waals surface area contributed by atoms with Crippen molar-refractivity contribution in [3.8, 4) is 11.1 Å². The lowest BCUT2D eigenvalue weighted by Gasteiger charge is -2.15. The molecule has 0 saturated carbocycles. The first-order valence-electron chi connectivity index (χ1n) is 6.23. The van der Waals surface area contributed by atoms with Crippen molar-refractivity contribution in [2.75, 3.05) is 0 Å². The van der Waals surface area contributed by atoms with E-state index in [9.17, 15) is 0 Å². The molecule has 0 N–H and O–H groups in total. The van der Waals surface area contributed by atoms with Crippen molar-refractivity contribution in [1.82, 2.24) is 9.97 Å². The van der Waals surface area contributed by atoms with Crippen LogP contribution in [-0.2, 0) is 4.84 Å². The summed E-state index contributed by atoms with van der Waals surface area (Å²) < 4.78 is 0. The lowest BCUT2D eigenvalue weighted by Crippen LogP contribution is -2.17. The zero-order valence-electron chi connectivity index (χ0n) is 11.2. The minimum Gasteiger partial charge on any atom is -0.389 e. The van der Waals surface area contributed by atoms with Crippen LogP contribution in [0.1, 0.15) is 32.2 Å². The Morgan fingerprint density at radius 2 is 1.47 bits per heavy atom. The fourth-order valence-electron chi connectivity index (χ4n) is 2.00. The van der Waals surface area contributed by atoms with Gasteiger partial charge in [0.15, 0.2) is 5.71 Å². The van der Waals surface area contributed by atoms with E-state index in [0.29, 0.717) is 5.71 Å². The summed E-state index contributed by atoms with van der Waals surface area (Å²) in [6.07, 6.45) is 3.52. The van der Waals surface area contributed by atoms with Gasteiger partial charge in [-0.05, 0) is 32.9 Å². The third kappa shape index (κ3) is 2.10. The first kappa shape index (κ1) is 11.8. The fourth-order valence-corrected chi connectivity index (χ4v) is 2.00. The lowest BCUT2D eigenvalue weighted by molar-refractivity contribution is 0.00114. The summed E-state index contributed by atoms with van der Waals surface area (Å²) in [6, 6.07) is 7.90. The molecule has 0 aliphatic heterocycles. The molecule has 1 aliphatic rings. The average Bonchev–Trinajstić information content (AvgIpc) is 2.70. The summed E-state index contributed by atoms with van der Waals surface area (Å²) in [5, 5.41) is 4.27. The Bertz CT molecular complexity index is 609. The highest BCUT2D eigenvalue weighted by Crippen LogP contribution is 2.34. The van der Waals surface area contributed by atoms with E-state index in [0.717, 1.165) is 22.5 Å². The maximum Gasteiger partial charge on any atom is 0.155 e. The second-order valence-electron chi connectivity index (χ2n) is 5.44. The summed E-state index contributed by atoms with van der Waals surface area (Å²) in [6.45, 7) is 5.89. The molecule has 0 unspecified atom stereocenters. The van der Waals surface area contributed by atoms with Crippen LogP contribution in [-0.4, -0.2) is 21.3 Å². The SMILES string of the molecule is CC(C)(C)ON=C1c2ncccc2-c2cccnc21. The molecule has 4 nitrogen and oxygen atoms in total. The molecule has 2 heterocycles. The topological polar surface area (TPSA) is 47.4 Å². The van der Waals surface area contributed by atoms with E-state index in [-0.39, 0.29) is 5.60 Å². The fraction of sp³-hybridized carbons (Fsp3) is 0.267. The lowest BCUT2D eigenvalue weighted by atomic mass is 10.1. The van der Waals surface area contributed by atoms with Crippen LogP contribution in [0.5, 0.6) is 0 Å². The van der Waals surface area contributed by atoms with Crippen LogP contribution < -0.4 is 0 Å². The monoisotopic (exact) mass is 253 g/mol. The predicted molar refractivity (Wildman–Crippen MR) is 73.9 cm³/mol. The Balaban J connectivity index is 2.15. The minimum absolute atomic E-state index is 0.334. The third-order valence-corrected chi connectivity index (χ3v) is 2.76. The van der Waals surface area contributed by atoms with Gasteiger partial charge in [0, 0.05) is 23.5 Å². The van der Waals surface area contributed by atoms with E-state index in [1.54, 1.807) is 12.4 Å². The molecular weight excluding hydrogens is 238 g/mol. The van der Waals surface area contributed by atoms with Crippen molar-refractivity contribution in [2.24, 2.45) is 5.16 Å². The number of fused-ring (bicyclic) bond motifs is 3. The maximum atomic E-state index is 5.53. The van der Waals surface area contributed by atoms with E-state index in [2.05, 4.69) is 15.1 Å². The molecular formula is C15H15N3O. The van der Waals surface area contributed by atoms with Gasteiger partial charge >= 0.3 is 0 Å². The number of nitrogens with zero attached hydrogens (tertiary/aromatic N) is 3. The van der Waals surface area contributed by atoms with E-state index in [1.165, 1.54) is 0 Å². The van der Waals surface area contributed by atoms with Gasteiger partial charge in [-0.25, -0.2) is 0 Å². The molecule has 4 heteroatoms.